The lowest BCUT2D eigenvalue weighted by atomic mass is 10.1. The molecule has 17 heavy (non-hydrogen) atoms. The van der Waals surface area contributed by atoms with Gasteiger partial charge in [0, 0.05) is 19.8 Å². The molecule has 0 radical (unpaired) electrons. The van der Waals surface area contributed by atoms with Crippen LogP contribution in [0.3, 0.4) is 0 Å². The molecule has 1 aliphatic rings. The average molecular weight is 229 g/mol. The van der Waals surface area contributed by atoms with Gasteiger partial charge < -0.3 is 4.90 Å². The van der Waals surface area contributed by atoms with Gasteiger partial charge in [-0.3, -0.25) is 0 Å². The average Bonchev–Trinajstić information content (AvgIpc) is 2.81. The monoisotopic (exact) mass is 229 g/mol. The summed E-state index contributed by atoms with van der Waals surface area (Å²) < 4.78 is 0. The first kappa shape index (κ1) is 11.9. The van der Waals surface area contributed by atoms with E-state index >= 15 is 0 Å². The molecule has 1 heterocycles. The largest absolute Gasteiger partial charge is 0.358 e. The molecule has 0 aliphatic heterocycles. The number of anilines is 1. The van der Waals surface area contributed by atoms with Crippen molar-refractivity contribution in [2.45, 2.75) is 32.6 Å². The lowest BCUT2D eigenvalue weighted by Gasteiger charge is -2.23. The van der Waals surface area contributed by atoms with Crippen LogP contribution in [0, 0.1) is 24.2 Å². The fourth-order valence-electron chi connectivity index (χ4n) is 2.64. The Morgan fingerprint density at radius 2 is 2.18 bits per heavy atom. The van der Waals surface area contributed by atoms with Crippen LogP contribution in [0.2, 0.25) is 0 Å². The third-order valence-corrected chi connectivity index (χ3v) is 3.62. The number of nitrogens with zero attached hydrogens (tertiary/aromatic N) is 3. The quantitative estimate of drug-likeness (QED) is 0.800. The molecule has 0 N–H and O–H groups in total. The smallest absolute Gasteiger partial charge is 0.146 e. The molecule has 90 valence electrons. The Hall–Kier alpha value is -1.56. The molecule has 3 nitrogen and oxygen atoms in total. The van der Waals surface area contributed by atoms with E-state index in [1.165, 1.54) is 25.7 Å². The molecule has 0 spiro atoms. The van der Waals surface area contributed by atoms with Crippen LogP contribution in [0.15, 0.2) is 12.3 Å². The molecule has 3 heteroatoms. The summed E-state index contributed by atoms with van der Waals surface area (Å²) >= 11 is 0. The van der Waals surface area contributed by atoms with Gasteiger partial charge in [0.2, 0.25) is 0 Å². The van der Waals surface area contributed by atoms with Gasteiger partial charge in [0.15, 0.2) is 0 Å². The van der Waals surface area contributed by atoms with Gasteiger partial charge in [-0.1, -0.05) is 12.8 Å². The summed E-state index contributed by atoms with van der Waals surface area (Å²) in [6.45, 7) is 2.98. The summed E-state index contributed by atoms with van der Waals surface area (Å²) in [5.74, 6) is 1.60. The molecule has 1 saturated carbocycles. The molecule has 0 saturated heterocycles. The van der Waals surface area contributed by atoms with Gasteiger partial charge in [-0.2, -0.15) is 5.26 Å². The van der Waals surface area contributed by atoms with Crippen molar-refractivity contribution in [2.75, 3.05) is 18.5 Å². The van der Waals surface area contributed by atoms with E-state index in [1.807, 2.05) is 20.0 Å². The lowest BCUT2D eigenvalue weighted by Crippen LogP contribution is -2.25. The van der Waals surface area contributed by atoms with E-state index in [2.05, 4.69) is 16.0 Å². The zero-order valence-electron chi connectivity index (χ0n) is 10.6. The van der Waals surface area contributed by atoms with Gasteiger partial charge in [0.1, 0.15) is 11.9 Å². The number of pyridine rings is 1. The second-order valence-corrected chi connectivity index (χ2v) is 4.97. The predicted octanol–water partition coefficient (Wildman–Crippen LogP) is 2.89. The Morgan fingerprint density at radius 3 is 2.82 bits per heavy atom. The van der Waals surface area contributed by atoms with E-state index in [-0.39, 0.29) is 0 Å². The van der Waals surface area contributed by atoms with E-state index in [0.29, 0.717) is 5.56 Å². The van der Waals surface area contributed by atoms with Crippen LogP contribution in [0.1, 0.15) is 36.8 Å². The van der Waals surface area contributed by atoms with Gasteiger partial charge in [0.05, 0.1) is 5.56 Å². The number of aryl methyl sites for hydroxylation is 1. The third kappa shape index (κ3) is 2.58. The Bertz CT molecular complexity index is 428. The van der Waals surface area contributed by atoms with Crippen LogP contribution in [-0.4, -0.2) is 18.6 Å². The molecule has 1 aromatic rings. The molecule has 0 aromatic carbocycles. The van der Waals surface area contributed by atoms with Crippen molar-refractivity contribution in [3.8, 4) is 6.07 Å². The van der Waals surface area contributed by atoms with Crippen LogP contribution in [0.25, 0.3) is 0 Å². The molecule has 0 amide bonds. The number of nitriles is 1. The van der Waals surface area contributed by atoms with E-state index in [1.54, 1.807) is 6.20 Å². The highest BCUT2D eigenvalue weighted by Gasteiger charge is 2.19. The summed E-state index contributed by atoms with van der Waals surface area (Å²) in [5.41, 5.74) is 1.73. The minimum Gasteiger partial charge on any atom is -0.358 e. The van der Waals surface area contributed by atoms with Gasteiger partial charge >= 0.3 is 0 Å². The number of rotatable bonds is 3. The first-order chi connectivity index (χ1) is 8.22. The zero-order chi connectivity index (χ0) is 12.3. The van der Waals surface area contributed by atoms with E-state index in [4.69, 9.17) is 0 Å². The van der Waals surface area contributed by atoms with Crippen LogP contribution in [0.5, 0.6) is 0 Å². The maximum absolute atomic E-state index is 9.19. The van der Waals surface area contributed by atoms with Crippen molar-refractivity contribution < 1.29 is 0 Å². The highest BCUT2D eigenvalue weighted by Crippen LogP contribution is 2.27. The SMILES string of the molecule is Cc1ccnc(N(C)CC2CCCC2)c1C#N. The van der Waals surface area contributed by atoms with Crippen molar-refractivity contribution >= 4 is 5.82 Å². The number of hydrogen-bond donors (Lipinski definition) is 0. The van der Waals surface area contributed by atoms with Crippen molar-refractivity contribution in [2.24, 2.45) is 5.92 Å². The highest BCUT2D eigenvalue weighted by molar-refractivity contribution is 5.56. The third-order valence-electron chi connectivity index (χ3n) is 3.62. The molecule has 1 aromatic heterocycles. The van der Waals surface area contributed by atoms with Crippen molar-refractivity contribution in [1.82, 2.24) is 4.98 Å². The number of aromatic nitrogens is 1. The maximum Gasteiger partial charge on any atom is 0.146 e. The van der Waals surface area contributed by atoms with Gasteiger partial charge in [-0.25, -0.2) is 4.98 Å². The Labute approximate surface area is 103 Å². The van der Waals surface area contributed by atoms with Gasteiger partial charge in [-0.05, 0) is 37.3 Å². The fraction of sp³-hybridized carbons (Fsp3) is 0.571. The van der Waals surface area contributed by atoms with Crippen LogP contribution in [0.4, 0.5) is 5.82 Å². The van der Waals surface area contributed by atoms with E-state index < -0.39 is 0 Å². The second-order valence-electron chi connectivity index (χ2n) is 4.97. The Morgan fingerprint density at radius 1 is 1.47 bits per heavy atom. The summed E-state index contributed by atoms with van der Waals surface area (Å²) in [6.07, 6.45) is 7.13. The molecule has 2 rings (SSSR count). The Kier molecular flexibility index (Phi) is 3.63. The van der Waals surface area contributed by atoms with Crippen LogP contribution < -0.4 is 4.90 Å². The van der Waals surface area contributed by atoms with Crippen molar-refractivity contribution in [3.05, 3.63) is 23.4 Å². The molecular formula is C14H19N3. The van der Waals surface area contributed by atoms with E-state index in [0.717, 1.165) is 23.8 Å². The summed E-state index contributed by atoms with van der Waals surface area (Å²) in [6, 6.07) is 4.16. The second kappa shape index (κ2) is 5.18. The van der Waals surface area contributed by atoms with Gasteiger partial charge in [0.25, 0.3) is 0 Å². The molecule has 0 bridgehead atoms. The van der Waals surface area contributed by atoms with Crippen LogP contribution >= 0.6 is 0 Å². The fourth-order valence-corrected chi connectivity index (χ4v) is 2.64. The normalized spacial score (nSPS) is 15.8. The van der Waals surface area contributed by atoms with Crippen LogP contribution in [-0.2, 0) is 0 Å². The highest BCUT2D eigenvalue weighted by atomic mass is 15.2. The number of hydrogen-bond acceptors (Lipinski definition) is 3. The molecule has 0 atom stereocenters. The predicted molar refractivity (Wildman–Crippen MR) is 68.9 cm³/mol. The molecule has 1 aliphatic carbocycles. The van der Waals surface area contributed by atoms with E-state index in [9.17, 15) is 5.26 Å². The summed E-state index contributed by atoms with van der Waals surface area (Å²) in [7, 11) is 2.04. The van der Waals surface area contributed by atoms with Gasteiger partial charge in [-0.15, -0.1) is 0 Å². The van der Waals surface area contributed by atoms with Crippen molar-refractivity contribution in [1.29, 1.82) is 5.26 Å². The lowest BCUT2D eigenvalue weighted by molar-refractivity contribution is 0.545. The minimum atomic E-state index is 0.716. The molecular weight excluding hydrogens is 210 g/mol. The molecule has 0 unspecified atom stereocenters. The first-order valence-corrected chi connectivity index (χ1v) is 6.29. The molecule has 1 fully saturated rings. The Balaban J connectivity index is 2.15. The maximum atomic E-state index is 9.19. The van der Waals surface area contributed by atoms with Crippen molar-refractivity contribution in [3.63, 3.8) is 0 Å². The standard InChI is InChI=1S/C14H19N3/c1-11-7-8-16-14(13(11)9-15)17(2)10-12-5-3-4-6-12/h7-8,12H,3-6,10H2,1-2H3. The minimum absolute atomic E-state index is 0.716. The summed E-state index contributed by atoms with van der Waals surface area (Å²) in [4.78, 5) is 6.50. The topological polar surface area (TPSA) is 39.9 Å². The summed E-state index contributed by atoms with van der Waals surface area (Å²) in [5, 5.41) is 9.19. The zero-order valence-corrected chi connectivity index (χ0v) is 10.6. The first-order valence-electron chi connectivity index (χ1n) is 6.29.